The predicted octanol–water partition coefficient (Wildman–Crippen LogP) is 2.89. The van der Waals surface area contributed by atoms with Gasteiger partial charge in [-0.15, -0.1) is 12.4 Å². The van der Waals surface area contributed by atoms with Gasteiger partial charge in [-0.25, -0.2) is 10.2 Å². The summed E-state index contributed by atoms with van der Waals surface area (Å²) in [6.45, 7) is 3.71. The lowest BCUT2D eigenvalue weighted by Gasteiger charge is -2.19. The molecule has 0 spiro atoms. The Morgan fingerprint density at radius 2 is 1.92 bits per heavy atom. The molecule has 6 nitrogen and oxygen atoms in total. The summed E-state index contributed by atoms with van der Waals surface area (Å²) in [5.74, 6) is 0. The first kappa shape index (κ1) is 20.4. The van der Waals surface area contributed by atoms with E-state index in [0.717, 1.165) is 47.2 Å². The maximum Gasteiger partial charge on any atom is 0.175 e. The molecular weight excluding hydrogens is 352 g/mol. The highest BCUT2D eigenvalue weighted by Gasteiger charge is 2.17. The third-order valence-corrected chi connectivity index (χ3v) is 4.35. The average Bonchev–Trinajstić information content (AvgIpc) is 2.58. The number of para-hydroxylation sites is 1. The van der Waals surface area contributed by atoms with Crippen LogP contribution in [0.1, 0.15) is 12.0 Å². The van der Waals surface area contributed by atoms with Crippen LogP contribution in [0.15, 0.2) is 36.4 Å². The average molecular weight is 377 g/mol. The van der Waals surface area contributed by atoms with Crippen LogP contribution in [0.3, 0.4) is 0 Å². The van der Waals surface area contributed by atoms with Crippen molar-refractivity contribution in [2.45, 2.75) is 13.3 Å². The van der Waals surface area contributed by atoms with Crippen molar-refractivity contribution in [2.24, 2.45) is 0 Å². The van der Waals surface area contributed by atoms with E-state index in [4.69, 9.17) is 4.98 Å². The Morgan fingerprint density at radius 1 is 1.19 bits per heavy atom. The topological polar surface area (TPSA) is 75.9 Å². The number of pyridine rings is 1. The van der Waals surface area contributed by atoms with Crippen LogP contribution in [0.5, 0.6) is 0 Å². The first-order chi connectivity index (χ1) is 12.0. The maximum atomic E-state index is 11.8. The number of quaternary nitrogens is 1. The van der Waals surface area contributed by atoms with Crippen LogP contribution in [0.25, 0.3) is 21.8 Å². The van der Waals surface area contributed by atoms with E-state index in [1.54, 1.807) is 6.07 Å². The van der Waals surface area contributed by atoms with Crippen molar-refractivity contribution in [3.05, 3.63) is 47.2 Å². The molecule has 140 valence electrons. The van der Waals surface area contributed by atoms with Gasteiger partial charge in [0.25, 0.3) is 0 Å². The molecule has 0 saturated heterocycles. The molecule has 26 heavy (non-hydrogen) atoms. The minimum Gasteiger partial charge on any atom is -0.595 e. The predicted molar refractivity (Wildman–Crippen MR) is 109 cm³/mol. The fraction of sp³-hybridized carbons (Fsp3) is 0.316. The largest absolute Gasteiger partial charge is 0.595 e. The lowest BCUT2D eigenvalue weighted by atomic mass is 10.0. The van der Waals surface area contributed by atoms with Crippen LogP contribution >= 0.6 is 12.4 Å². The zero-order valence-corrected chi connectivity index (χ0v) is 16.1. The van der Waals surface area contributed by atoms with E-state index in [0.29, 0.717) is 5.39 Å². The first-order valence-corrected chi connectivity index (χ1v) is 8.43. The minimum atomic E-state index is -0.932. The molecule has 1 unspecified atom stereocenters. The summed E-state index contributed by atoms with van der Waals surface area (Å²) in [6.07, 6.45) is 0.972. The van der Waals surface area contributed by atoms with Gasteiger partial charge in [-0.2, -0.15) is 5.23 Å². The lowest BCUT2D eigenvalue weighted by Crippen LogP contribution is -2.99. The highest BCUT2D eigenvalue weighted by atomic mass is 35.5. The SMILES string of the molecule is Cc1ccc([NH+]([O-])O)c2c(NCCCN(C)C)c3ccccc3nc12.Cl. The van der Waals surface area contributed by atoms with Gasteiger partial charge in [0.1, 0.15) is 0 Å². The van der Waals surface area contributed by atoms with Gasteiger partial charge >= 0.3 is 0 Å². The third kappa shape index (κ3) is 4.06. The van der Waals surface area contributed by atoms with Crippen molar-refractivity contribution in [3.8, 4) is 0 Å². The standard InChI is InChI=1S/C19H24N4O2.ClH/c1-13-9-10-16(23(24)25)17-18(13)21-15-8-5-4-7-14(15)19(17)20-11-6-12-22(2)3;/h4-5,7-10,23-24H,6,11-12H2,1-3H3,(H,20,21);1H. The van der Waals surface area contributed by atoms with Gasteiger partial charge < -0.3 is 15.4 Å². The van der Waals surface area contributed by atoms with Crippen LogP contribution in [0, 0.1) is 12.1 Å². The van der Waals surface area contributed by atoms with Gasteiger partial charge in [0, 0.05) is 18.0 Å². The second-order valence-corrected chi connectivity index (χ2v) is 6.55. The molecule has 7 heteroatoms. The number of aryl methyl sites for hydroxylation is 1. The van der Waals surface area contributed by atoms with Gasteiger partial charge in [0.2, 0.25) is 0 Å². The molecule has 2 aromatic carbocycles. The Bertz CT molecular complexity index is 899. The van der Waals surface area contributed by atoms with E-state index >= 15 is 0 Å². The number of nitrogens with zero attached hydrogens (tertiary/aromatic N) is 2. The molecule has 0 amide bonds. The molecule has 1 aromatic heterocycles. The van der Waals surface area contributed by atoms with Crippen molar-refractivity contribution in [1.82, 2.24) is 9.88 Å². The van der Waals surface area contributed by atoms with Crippen molar-refractivity contribution in [1.29, 1.82) is 0 Å². The fourth-order valence-electron chi connectivity index (χ4n) is 3.10. The molecule has 1 heterocycles. The number of halogens is 1. The quantitative estimate of drug-likeness (QED) is 0.350. The van der Waals surface area contributed by atoms with Crippen LogP contribution in [-0.2, 0) is 0 Å². The fourth-order valence-corrected chi connectivity index (χ4v) is 3.10. The molecule has 1 atom stereocenters. The van der Waals surface area contributed by atoms with Crippen molar-refractivity contribution in [2.75, 3.05) is 32.5 Å². The summed E-state index contributed by atoms with van der Waals surface area (Å²) >= 11 is 0. The smallest absolute Gasteiger partial charge is 0.175 e. The van der Waals surface area contributed by atoms with Crippen LogP contribution < -0.4 is 10.5 Å². The molecule has 0 aliphatic carbocycles. The van der Waals surface area contributed by atoms with Gasteiger partial charge in [-0.05, 0) is 45.6 Å². The Kier molecular flexibility index (Phi) is 6.75. The van der Waals surface area contributed by atoms with Gasteiger partial charge in [0.05, 0.1) is 22.1 Å². The van der Waals surface area contributed by atoms with E-state index in [9.17, 15) is 10.4 Å². The van der Waals surface area contributed by atoms with E-state index in [1.807, 2.05) is 51.4 Å². The Hall–Kier alpha value is -1.96. The van der Waals surface area contributed by atoms with E-state index in [-0.39, 0.29) is 18.1 Å². The normalized spacial score (nSPS) is 12.4. The highest BCUT2D eigenvalue weighted by molar-refractivity contribution is 6.11. The number of hydrogen-bond donors (Lipinski definition) is 3. The van der Waals surface area contributed by atoms with E-state index in [2.05, 4.69) is 10.2 Å². The van der Waals surface area contributed by atoms with Gasteiger partial charge in [0.15, 0.2) is 5.69 Å². The van der Waals surface area contributed by atoms with Crippen molar-refractivity contribution >= 4 is 45.6 Å². The number of anilines is 1. The molecule has 0 fully saturated rings. The summed E-state index contributed by atoms with van der Waals surface area (Å²) in [6, 6.07) is 11.4. The highest BCUT2D eigenvalue weighted by Crippen LogP contribution is 2.35. The summed E-state index contributed by atoms with van der Waals surface area (Å²) in [7, 11) is 4.09. The maximum absolute atomic E-state index is 11.8. The molecule has 0 bridgehead atoms. The van der Waals surface area contributed by atoms with Gasteiger partial charge in [-0.1, -0.05) is 24.3 Å². The minimum absolute atomic E-state index is 0. The van der Waals surface area contributed by atoms with E-state index in [1.165, 1.54) is 0 Å². The molecule has 0 aliphatic rings. The summed E-state index contributed by atoms with van der Waals surface area (Å²) in [5, 5.41) is 25.6. The second-order valence-electron chi connectivity index (χ2n) is 6.55. The molecule has 3 N–H and O–H groups in total. The zero-order chi connectivity index (χ0) is 18.0. The number of aromatic nitrogens is 1. The second kappa shape index (κ2) is 8.62. The molecule has 3 aromatic rings. The molecular formula is C19H25ClN4O2. The summed E-state index contributed by atoms with van der Waals surface area (Å²) in [4.78, 5) is 6.86. The van der Waals surface area contributed by atoms with Crippen LogP contribution in [-0.4, -0.2) is 42.3 Å². The first-order valence-electron chi connectivity index (χ1n) is 8.43. The summed E-state index contributed by atoms with van der Waals surface area (Å²) in [5.41, 5.74) is 3.74. The molecule has 0 radical (unpaired) electrons. The van der Waals surface area contributed by atoms with Crippen molar-refractivity contribution in [3.63, 3.8) is 0 Å². The van der Waals surface area contributed by atoms with Gasteiger partial charge in [-0.3, -0.25) is 0 Å². The molecule has 0 aliphatic heterocycles. The number of hydrogen-bond acceptors (Lipinski definition) is 5. The number of rotatable bonds is 6. The monoisotopic (exact) mass is 376 g/mol. The summed E-state index contributed by atoms with van der Waals surface area (Å²) < 4.78 is 0. The Labute approximate surface area is 159 Å². The Balaban J connectivity index is 0.00000243. The number of nitrogens with one attached hydrogen (secondary N) is 2. The number of benzene rings is 2. The number of fused-ring (bicyclic) bond motifs is 2. The molecule has 3 rings (SSSR count). The zero-order valence-electron chi connectivity index (χ0n) is 15.2. The molecule has 0 saturated carbocycles. The van der Waals surface area contributed by atoms with Crippen LogP contribution in [0.4, 0.5) is 11.4 Å². The van der Waals surface area contributed by atoms with Crippen LogP contribution in [0.2, 0.25) is 0 Å². The van der Waals surface area contributed by atoms with Crippen molar-refractivity contribution < 1.29 is 10.4 Å². The third-order valence-electron chi connectivity index (χ3n) is 4.35. The lowest BCUT2D eigenvalue weighted by molar-refractivity contribution is -0.990. The van der Waals surface area contributed by atoms with E-state index < -0.39 is 5.23 Å². The Morgan fingerprint density at radius 3 is 2.62 bits per heavy atom.